The number of nitrogens with zero attached hydrogens (tertiary/aromatic N) is 2. The maximum atomic E-state index is 13.7. The number of hydrogen-bond acceptors (Lipinski definition) is 6. The van der Waals surface area contributed by atoms with E-state index < -0.39 is 28.5 Å². The SMILES string of the molecule is CCCCNC(=O)C(C)N(Cc1c(Cl)cccc1Cl)C(=O)CN(c1ccc2c(c1)OCO2)S(=O)(=O)CC. The van der Waals surface area contributed by atoms with Gasteiger partial charge < -0.3 is 19.7 Å². The second-order valence-corrected chi connectivity index (χ2v) is 11.5. The summed E-state index contributed by atoms with van der Waals surface area (Å²) in [5, 5.41) is 3.49. The summed E-state index contributed by atoms with van der Waals surface area (Å²) < 4.78 is 37.8. The molecule has 0 radical (unpaired) electrons. The number of halogens is 2. The molecule has 1 unspecified atom stereocenters. The molecule has 2 amide bonds. The van der Waals surface area contributed by atoms with Crippen molar-refractivity contribution in [1.82, 2.24) is 10.2 Å². The van der Waals surface area contributed by atoms with Crippen LogP contribution in [0.5, 0.6) is 11.5 Å². The Kier molecular flexibility index (Phi) is 9.92. The molecular formula is C25H31Cl2N3O6S. The van der Waals surface area contributed by atoms with E-state index in [2.05, 4.69) is 5.32 Å². The van der Waals surface area contributed by atoms with Gasteiger partial charge in [-0.15, -0.1) is 0 Å². The first kappa shape index (κ1) is 28.9. The highest BCUT2D eigenvalue weighted by atomic mass is 35.5. The number of fused-ring (bicyclic) bond motifs is 1. The minimum Gasteiger partial charge on any atom is -0.454 e. The minimum absolute atomic E-state index is 0.0231. The fraction of sp³-hybridized carbons (Fsp3) is 0.440. The number of sulfonamides is 1. The third-order valence-electron chi connectivity index (χ3n) is 6.01. The van der Waals surface area contributed by atoms with Gasteiger partial charge in [0.05, 0.1) is 11.4 Å². The van der Waals surface area contributed by atoms with E-state index in [1.165, 1.54) is 17.9 Å². The molecule has 0 saturated carbocycles. The van der Waals surface area contributed by atoms with E-state index >= 15 is 0 Å². The summed E-state index contributed by atoms with van der Waals surface area (Å²) in [5.74, 6) is -0.333. The number of ether oxygens (including phenoxy) is 2. The van der Waals surface area contributed by atoms with Crippen molar-refractivity contribution in [3.05, 3.63) is 52.0 Å². The first-order chi connectivity index (χ1) is 17.6. The molecule has 0 bridgehead atoms. The second kappa shape index (κ2) is 12.7. The van der Waals surface area contributed by atoms with Crippen molar-refractivity contribution in [3.8, 4) is 11.5 Å². The lowest BCUT2D eigenvalue weighted by atomic mass is 10.1. The summed E-state index contributed by atoms with van der Waals surface area (Å²) in [7, 11) is -3.88. The molecule has 1 atom stereocenters. The summed E-state index contributed by atoms with van der Waals surface area (Å²) in [5.41, 5.74) is 0.704. The van der Waals surface area contributed by atoms with E-state index in [0.717, 1.165) is 17.1 Å². The van der Waals surface area contributed by atoms with Crippen LogP contribution in [0.4, 0.5) is 5.69 Å². The molecule has 3 rings (SSSR count). The monoisotopic (exact) mass is 571 g/mol. The van der Waals surface area contributed by atoms with Gasteiger partial charge in [0.1, 0.15) is 12.6 Å². The number of amides is 2. The average Bonchev–Trinajstić information content (AvgIpc) is 3.34. The normalized spacial score (nSPS) is 13.2. The average molecular weight is 573 g/mol. The molecule has 1 aliphatic rings. The quantitative estimate of drug-likeness (QED) is 0.382. The third-order valence-corrected chi connectivity index (χ3v) is 8.46. The number of carbonyl (C=O) groups excluding carboxylic acids is 2. The van der Waals surface area contributed by atoms with Gasteiger partial charge in [-0.3, -0.25) is 13.9 Å². The molecule has 1 aliphatic heterocycles. The van der Waals surface area contributed by atoms with Crippen LogP contribution in [-0.4, -0.2) is 56.8 Å². The number of anilines is 1. The summed E-state index contributed by atoms with van der Waals surface area (Å²) in [4.78, 5) is 27.9. The van der Waals surface area contributed by atoms with Crippen LogP contribution in [0.3, 0.4) is 0 Å². The number of carbonyl (C=O) groups is 2. The Balaban J connectivity index is 1.95. The zero-order chi connectivity index (χ0) is 27.2. The van der Waals surface area contributed by atoms with Crippen LogP contribution in [0.2, 0.25) is 10.0 Å². The highest BCUT2D eigenvalue weighted by molar-refractivity contribution is 7.92. The molecule has 0 saturated heterocycles. The number of benzene rings is 2. The molecule has 2 aromatic rings. The molecule has 0 spiro atoms. The largest absolute Gasteiger partial charge is 0.454 e. The molecule has 0 fully saturated rings. The van der Waals surface area contributed by atoms with Crippen LogP contribution in [-0.2, 0) is 26.2 Å². The van der Waals surface area contributed by atoms with Gasteiger partial charge in [0.2, 0.25) is 28.6 Å². The molecule has 37 heavy (non-hydrogen) atoms. The molecule has 202 valence electrons. The highest BCUT2D eigenvalue weighted by Crippen LogP contribution is 2.36. The Bertz CT molecular complexity index is 1220. The van der Waals surface area contributed by atoms with Gasteiger partial charge in [-0.1, -0.05) is 42.6 Å². The summed E-state index contributed by atoms with van der Waals surface area (Å²) >= 11 is 12.7. The predicted octanol–water partition coefficient (Wildman–Crippen LogP) is 4.21. The van der Waals surface area contributed by atoms with E-state index in [1.54, 1.807) is 37.3 Å². The van der Waals surface area contributed by atoms with Crippen LogP contribution in [0.1, 0.15) is 39.2 Å². The molecule has 12 heteroatoms. The van der Waals surface area contributed by atoms with Gasteiger partial charge in [-0.2, -0.15) is 0 Å². The maximum Gasteiger partial charge on any atom is 0.244 e. The first-order valence-corrected chi connectivity index (χ1v) is 14.4. The summed E-state index contributed by atoms with van der Waals surface area (Å²) in [6.07, 6.45) is 1.68. The molecular weight excluding hydrogens is 541 g/mol. The Morgan fingerprint density at radius 1 is 1.08 bits per heavy atom. The van der Waals surface area contributed by atoms with Gasteiger partial charge in [-0.25, -0.2) is 8.42 Å². The number of nitrogens with one attached hydrogen (secondary N) is 1. The molecule has 0 aliphatic carbocycles. The van der Waals surface area contributed by atoms with Crippen LogP contribution < -0.4 is 19.1 Å². The highest BCUT2D eigenvalue weighted by Gasteiger charge is 2.32. The summed E-state index contributed by atoms with van der Waals surface area (Å²) in [6.45, 7) is 4.94. The Hall–Kier alpha value is -2.69. The predicted molar refractivity (Wildman–Crippen MR) is 144 cm³/mol. The molecule has 1 heterocycles. The number of unbranched alkanes of at least 4 members (excludes halogenated alkanes) is 1. The number of rotatable bonds is 12. The fourth-order valence-electron chi connectivity index (χ4n) is 3.73. The Morgan fingerprint density at radius 2 is 1.76 bits per heavy atom. The van der Waals surface area contributed by atoms with E-state index in [-0.39, 0.29) is 30.7 Å². The fourth-order valence-corrected chi connectivity index (χ4v) is 5.30. The van der Waals surface area contributed by atoms with Crippen LogP contribution >= 0.6 is 23.2 Å². The third kappa shape index (κ3) is 7.00. The maximum absolute atomic E-state index is 13.7. The van der Waals surface area contributed by atoms with Crippen molar-refractivity contribution in [2.75, 3.05) is 29.9 Å². The van der Waals surface area contributed by atoms with Gasteiger partial charge in [0.25, 0.3) is 0 Å². The van der Waals surface area contributed by atoms with Gasteiger partial charge in [0.15, 0.2) is 11.5 Å². The first-order valence-electron chi connectivity index (χ1n) is 12.0. The molecule has 1 N–H and O–H groups in total. The van der Waals surface area contributed by atoms with E-state index in [0.29, 0.717) is 33.7 Å². The van der Waals surface area contributed by atoms with Crippen LogP contribution in [0.25, 0.3) is 0 Å². The van der Waals surface area contributed by atoms with Gasteiger partial charge >= 0.3 is 0 Å². The lowest BCUT2D eigenvalue weighted by Gasteiger charge is -2.32. The smallest absolute Gasteiger partial charge is 0.244 e. The lowest BCUT2D eigenvalue weighted by molar-refractivity contribution is -0.139. The zero-order valence-electron chi connectivity index (χ0n) is 21.0. The second-order valence-electron chi connectivity index (χ2n) is 8.49. The zero-order valence-corrected chi connectivity index (χ0v) is 23.3. The van der Waals surface area contributed by atoms with E-state index in [1.807, 2.05) is 6.92 Å². The van der Waals surface area contributed by atoms with Crippen molar-refractivity contribution in [1.29, 1.82) is 0 Å². The minimum atomic E-state index is -3.88. The topological polar surface area (TPSA) is 105 Å². The molecule has 9 nitrogen and oxygen atoms in total. The molecule has 2 aromatic carbocycles. The van der Waals surface area contributed by atoms with Crippen molar-refractivity contribution in [2.45, 2.75) is 46.2 Å². The van der Waals surface area contributed by atoms with Crippen molar-refractivity contribution < 1.29 is 27.5 Å². The Morgan fingerprint density at radius 3 is 2.41 bits per heavy atom. The van der Waals surface area contributed by atoms with E-state index in [9.17, 15) is 18.0 Å². The standard InChI is InChI=1S/C25H31Cl2N3O6S/c1-4-6-12-28-25(32)17(3)29(14-19-20(26)8-7-9-21(19)27)24(31)15-30(37(33,34)5-2)18-10-11-22-23(13-18)36-16-35-22/h7-11,13,17H,4-6,12,14-16H2,1-3H3,(H,28,32). The van der Waals surface area contributed by atoms with Gasteiger partial charge in [0, 0.05) is 34.8 Å². The Labute approximate surface area is 227 Å². The van der Waals surface area contributed by atoms with E-state index in [4.69, 9.17) is 32.7 Å². The van der Waals surface area contributed by atoms with Crippen molar-refractivity contribution >= 4 is 50.7 Å². The van der Waals surface area contributed by atoms with Crippen LogP contribution in [0, 0.1) is 0 Å². The van der Waals surface area contributed by atoms with Gasteiger partial charge in [-0.05, 0) is 44.5 Å². The van der Waals surface area contributed by atoms with Crippen LogP contribution in [0.15, 0.2) is 36.4 Å². The van der Waals surface area contributed by atoms with Crippen molar-refractivity contribution in [3.63, 3.8) is 0 Å². The number of hydrogen-bond donors (Lipinski definition) is 1. The molecule has 0 aromatic heterocycles. The summed E-state index contributed by atoms with van der Waals surface area (Å²) in [6, 6.07) is 8.68. The lowest BCUT2D eigenvalue weighted by Crippen LogP contribution is -2.51. The van der Waals surface area contributed by atoms with Crippen molar-refractivity contribution in [2.24, 2.45) is 0 Å².